The van der Waals surface area contributed by atoms with E-state index < -0.39 is 0 Å². The van der Waals surface area contributed by atoms with Crippen LogP contribution in [-0.4, -0.2) is 17.8 Å². The average molecular weight is 295 g/mol. The maximum absolute atomic E-state index is 11.3. The fourth-order valence-electron chi connectivity index (χ4n) is 1.75. The minimum atomic E-state index is 0.0487. The van der Waals surface area contributed by atoms with E-state index in [1.807, 2.05) is 36.2 Å². The van der Waals surface area contributed by atoms with Crippen molar-refractivity contribution in [1.29, 1.82) is 0 Å². The zero-order chi connectivity index (χ0) is 14.0. The van der Waals surface area contributed by atoms with E-state index in [2.05, 4.69) is 11.9 Å². The number of thiazole rings is 1. The van der Waals surface area contributed by atoms with Crippen LogP contribution < -0.4 is 4.90 Å². The lowest BCUT2D eigenvalue weighted by Gasteiger charge is -2.24. The topological polar surface area (TPSA) is 33.2 Å². The molecule has 0 aliphatic heterocycles. The van der Waals surface area contributed by atoms with Crippen LogP contribution in [0.1, 0.15) is 35.1 Å². The van der Waals surface area contributed by atoms with Crippen LogP contribution in [0.15, 0.2) is 30.5 Å². The minimum Gasteiger partial charge on any atom is -0.344 e. The Bertz CT molecular complexity index is 597. The molecule has 0 fully saturated rings. The van der Waals surface area contributed by atoms with Crippen molar-refractivity contribution in [1.82, 2.24) is 4.98 Å². The van der Waals surface area contributed by atoms with Gasteiger partial charge in [-0.1, -0.05) is 35.1 Å². The van der Waals surface area contributed by atoms with Gasteiger partial charge in [0.2, 0.25) is 0 Å². The number of benzene rings is 1. The highest BCUT2D eigenvalue weighted by atomic mass is 35.5. The predicted molar refractivity (Wildman–Crippen MR) is 80.4 cm³/mol. The van der Waals surface area contributed by atoms with E-state index in [9.17, 15) is 4.79 Å². The summed E-state index contributed by atoms with van der Waals surface area (Å²) in [4.78, 5) is 18.3. The second-order valence-electron chi connectivity index (χ2n) is 4.41. The van der Waals surface area contributed by atoms with Gasteiger partial charge in [-0.2, -0.15) is 0 Å². The summed E-state index contributed by atoms with van der Waals surface area (Å²) in [5.41, 5.74) is 1.12. The Kier molecular flexibility index (Phi) is 4.22. The first kappa shape index (κ1) is 14.0. The van der Waals surface area contributed by atoms with Crippen molar-refractivity contribution >= 4 is 33.9 Å². The predicted octanol–water partition coefficient (Wildman–Crippen LogP) is 4.20. The number of carbonyl (C=O) groups is 1. The first-order chi connectivity index (χ1) is 8.99. The molecule has 0 spiro atoms. The molecule has 0 radical (unpaired) electrons. The molecule has 1 aromatic carbocycles. The molecule has 0 saturated heterocycles. The largest absolute Gasteiger partial charge is 0.344 e. The van der Waals surface area contributed by atoms with Crippen LogP contribution in [0.3, 0.4) is 0 Å². The normalized spacial score (nSPS) is 12.2. The van der Waals surface area contributed by atoms with Gasteiger partial charge in [-0.25, -0.2) is 4.98 Å². The monoisotopic (exact) mass is 294 g/mol. The fraction of sp³-hybridized carbons (Fsp3) is 0.286. The number of hydrogen-bond donors (Lipinski definition) is 0. The summed E-state index contributed by atoms with van der Waals surface area (Å²) in [6, 6.07) is 7.92. The van der Waals surface area contributed by atoms with Gasteiger partial charge in [0.25, 0.3) is 0 Å². The molecule has 1 heterocycles. The van der Waals surface area contributed by atoms with Gasteiger partial charge in [-0.15, -0.1) is 0 Å². The van der Waals surface area contributed by atoms with Crippen LogP contribution in [0.5, 0.6) is 0 Å². The van der Waals surface area contributed by atoms with Crippen molar-refractivity contribution in [3.8, 4) is 0 Å². The maximum Gasteiger partial charge on any atom is 0.186 e. The molecule has 0 saturated carbocycles. The number of carbonyl (C=O) groups excluding carboxylic acids is 1. The summed E-state index contributed by atoms with van der Waals surface area (Å²) in [6.45, 7) is 3.64. The fourth-order valence-corrected chi connectivity index (χ4v) is 2.80. The number of ketones is 1. The summed E-state index contributed by atoms with van der Waals surface area (Å²) in [5.74, 6) is 0.0487. The maximum atomic E-state index is 11.3. The van der Waals surface area contributed by atoms with Crippen molar-refractivity contribution in [3.63, 3.8) is 0 Å². The van der Waals surface area contributed by atoms with Crippen LogP contribution in [-0.2, 0) is 0 Å². The Morgan fingerprint density at radius 2 is 2.21 bits per heavy atom. The lowest BCUT2D eigenvalue weighted by atomic mass is 10.1. The molecule has 1 aromatic heterocycles. The second-order valence-corrected chi connectivity index (χ2v) is 5.85. The SMILES string of the molecule is CC(=O)c1cnc(N(C)C(C)c2cccc(Cl)c2)s1. The number of Topliss-reactive ketones (excluding diaryl/α,β-unsaturated/α-hetero) is 1. The number of rotatable bonds is 4. The first-order valence-electron chi connectivity index (χ1n) is 5.94. The van der Waals surface area contributed by atoms with Crippen molar-refractivity contribution < 1.29 is 4.79 Å². The van der Waals surface area contributed by atoms with Crippen LogP contribution in [0.25, 0.3) is 0 Å². The molecular formula is C14H15ClN2OS. The molecule has 0 bridgehead atoms. The molecule has 100 valence electrons. The zero-order valence-corrected chi connectivity index (χ0v) is 12.6. The van der Waals surface area contributed by atoms with Gasteiger partial charge in [0.15, 0.2) is 10.9 Å². The molecule has 0 aliphatic carbocycles. The molecule has 5 heteroatoms. The first-order valence-corrected chi connectivity index (χ1v) is 7.13. The van der Waals surface area contributed by atoms with Crippen molar-refractivity contribution in [2.75, 3.05) is 11.9 Å². The van der Waals surface area contributed by atoms with Crippen LogP contribution >= 0.6 is 22.9 Å². The third-order valence-electron chi connectivity index (χ3n) is 3.05. The lowest BCUT2D eigenvalue weighted by molar-refractivity contribution is 0.102. The zero-order valence-electron chi connectivity index (χ0n) is 11.1. The molecule has 0 aliphatic rings. The van der Waals surface area contributed by atoms with Gasteiger partial charge >= 0.3 is 0 Å². The standard InChI is InChI=1S/C14H15ClN2OS/c1-9(11-5-4-6-12(15)7-11)17(3)14-16-8-13(19-14)10(2)18/h4-9H,1-3H3. The van der Waals surface area contributed by atoms with E-state index in [-0.39, 0.29) is 11.8 Å². The summed E-state index contributed by atoms with van der Waals surface area (Å²) >= 11 is 7.42. The Morgan fingerprint density at radius 1 is 1.47 bits per heavy atom. The van der Waals surface area contributed by atoms with E-state index in [0.29, 0.717) is 4.88 Å². The van der Waals surface area contributed by atoms with E-state index in [0.717, 1.165) is 15.7 Å². The van der Waals surface area contributed by atoms with Gasteiger partial charge in [0.05, 0.1) is 17.1 Å². The lowest BCUT2D eigenvalue weighted by Crippen LogP contribution is -2.21. The van der Waals surface area contributed by atoms with Gasteiger partial charge < -0.3 is 4.90 Å². The van der Waals surface area contributed by atoms with Crippen molar-refractivity contribution in [3.05, 3.63) is 45.9 Å². The van der Waals surface area contributed by atoms with Crippen molar-refractivity contribution in [2.24, 2.45) is 0 Å². The highest BCUT2D eigenvalue weighted by Crippen LogP contribution is 2.30. The van der Waals surface area contributed by atoms with E-state index in [1.165, 1.54) is 11.3 Å². The molecular weight excluding hydrogens is 280 g/mol. The number of nitrogens with zero attached hydrogens (tertiary/aromatic N) is 2. The summed E-state index contributed by atoms with van der Waals surface area (Å²) < 4.78 is 0. The van der Waals surface area contributed by atoms with Gasteiger partial charge in [-0.3, -0.25) is 4.79 Å². The Morgan fingerprint density at radius 3 is 2.79 bits per heavy atom. The molecule has 0 N–H and O–H groups in total. The van der Waals surface area contributed by atoms with E-state index >= 15 is 0 Å². The Hall–Kier alpha value is -1.39. The number of aromatic nitrogens is 1. The quantitative estimate of drug-likeness (QED) is 0.793. The highest BCUT2D eigenvalue weighted by Gasteiger charge is 2.16. The van der Waals surface area contributed by atoms with Crippen LogP contribution in [0.2, 0.25) is 5.02 Å². The number of anilines is 1. The summed E-state index contributed by atoms with van der Waals surface area (Å²) in [7, 11) is 1.97. The molecule has 2 aromatic rings. The number of halogens is 1. The highest BCUT2D eigenvalue weighted by molar-refractivity contribution is 7.17. The molecule has 1 unspecified atom stereocenters. The molecule has 3 nitrogen and oxygen atoms in total. The molecule has 2 rings (SSSR count). The van der Waals surface area contributed by atoms with E-state index in [1.54, 1.807) is 13.1 Å². The smallest absolute Gasteiger partial charge is 0.186 e. The summed E-state index contributed by atoms with van der Waals surface area (Å²) in [6.07, 6.45) is 1.63. The molecule has 1 atom stereocenters. The number of hydrogen-bond acceptors (Lipinski definition) is 4. The molecule has 19 heavy (non-hydrogen) atoms. The third kappa shape index (κ3) is 3.14. The Balaban J connectivity index is 2.22. The van der Waals surface area contributed by atoms with Gasteiger partial charge in [0.1, 0.15) is 0 Å². The van der Waals surface area contributed by atoms with Crippen molar-refractivity contribution in [2.45, 2.75) is 19.9 Å². The average Bonchev–Trinajstić information content (AvgIpc) is 2.86. The molecule has 0 amide bonds. The van der Waals surface area contributed by atoms with Crippen LogP contribution in [0, 0.1) is 0 Å². The van der Waals surface area contributed by atoms with Gasteiger partial charge in [-0.05, 0) is 24.6 Å². The second kappa shape index (κ2) is 5.72. The summed E-state index contributed by atoms with van der Waals surface area (Å²) in [5, 5.41) is 1.55. The van der Waals surface area contributed by atoms with E-state index in [4.69, 9.17) is 11.6 Å². The minimum absolute atomic E-state index is 0.0487. The van der Waals surface area contributed by atoms with Gasteiger partial charge in [0, 0.05) is 19.0 Å². The third-order valence-corrected chi connectivity index (χ3v) is 4.48. The van der Waals surface area contributed by atoms with Crippen LogP contribution in [0.4, 0.5) is 5.13 Å². The Labute approximate surface area is 121 Å².